The Hall–Kier alpha value is -2.54. The Kier molecular flexibility index (Phi) is 9.17. The Morgan fingerprint density at radius 3 is 2.63 bits per heavy atom. The molecule has 1 fully saturated rings. The molecule has 5 nitrogen and oxygen atoms in total. The van der Waals surface area contributed by atoms with Crippen LogP contribution in [0.4, 0.5) is 8.78 Å². The Bertz CT molecular complexity index is 732. The fourth-order valence-corrected chi connectivity index (χ4v) is 3.67. The normalized spacial score (nSPS) is 24.5. The molecule has 2 rings (SSSR count). The number of carboxylic acids is 1. The third-order valence-electron chi connectivity index (χ3n) is 5.24. The number of unbranched alkanes of at least 4 members (excludes halogenated alkanes) is 1. The number of aliphatic hydroxyl groups is 1. The summed E-state index contributed by atoms with van der Waals surface area (Å²) in [5.74, 6) is -5.09. The number of allylic oxidation sites excluding steroid dienone is 3. The molecule has 0 amide bonds. The van der Waals surface area contributed by atoms with Crippen molar-refractivity contribution in [3.05, 3.63) is 54.6 Å². The van der Waals surface area contributed by atoms with Gasteiger partial charge in [-0.15, -0.1) is 0 Å². The van der Waals surface area contributed by atoms with E-state index < -0.39 is 36.4 Å². The maximum atomic E-state index is 14.3. The van der Waals surface area contributed by atoms with E-state index in [9.17, 15) is 23.5 Å². The van der Waals surface area contributed by atoms with Crippen LogP contribution >= 0.6 is 0 Å². The molecule has 0 aromatic heterocycles. The van der Waals surface area contributed by atoms with Gasteiger partial charge in [0.2, 0.25) is 0 Å². The van der Waals surface area contributed by atoms with Crippen molar-refractivity contribution in [3.63, 3.8) is 0 Å². The number of hydrogen-bond acceptors (Lipinski definition) is 4. The number of benzene rings is 1. The summed E-state index contributed by atoms with van der Waals surface area (Å²) >= 11 is 0. The molecule has 1 aromatic carbocycles. The van der Waals surface area contributed by atoms with E-state index in [1.807, 2.05) is 12.2 Å². The SMILES string of the molecule is O=CC1C[C@H](O)[C@H](C/C=C\CCCC(=O)O)[C@H]1/C=C/C(F)(F)COc1ccccc1. The van der Waals surface area contributed by atoms with Crippen molar-refractivity contribution < 1.29 is 33.3 Å². The molecule has 0 saturated heterocycles. The Morgan fingerprint density at radius 1 is 1.23 bits per heavy atom. The van der Waals surface area contributed by atoms with Gasteiger partial charge in [0, 0.05) is 12.3 Å². The third-order valence-corrected chi connectivity index (χ3v) is 5.24. The van der Waals surface area contributed by atoms with E-state index in [4.69, 9.17) is 9.84 Å². The number of para-hydroxylation sites is 1. The van der Waals surface area contributed by atoms with Gasteiger partial charge in [0.1, 0.15) is 12.0 Å². The van der Waals surface area contributed by atoms with Crippen LogP contribution in [0, 0.1) is 17.8 Å². The van der Waals surface area contributed by atoms with Gasteiger partial charge in [-0.2, -0.15) is 8.78 Å². The number of aliphatic hydroxyl groups excluding tert-OH is 1. The lowest BCUT2D eigenvalue weighted by Crippen LogP contribution is -2.24. The van der Waals surface area contributed by atoms with Crippen molar-refractivity contribution in [1.82, 2.24) is 0 Å². The van der Waals surface area contributed by atoms with E-state index in [-0.39, 0.29) is 18.8 Å². The summed E-state index contributed by atoms with van der Waals surface area (Å²) < 4.78 is 33.6. The number of carbonyl (C=O) groups excluding carboxylic acids is 1. The minimum absolute atomic E-state index is 0.0785. The van der Waals surface area contributed by atoms with Gasteiger partial charge in [-0.3, -0.25) is 4.79 Å². The van der Waals surface area contributed by atoms with E-state index in [0.717, 1.165) is 6.08 Å². The minimum Gasteiger partial charge on any atom is -0.487 e. The molecule has 1 aliphatic carbocycles. The van der Waals surface area contributed by atoms with E-state index in [2.05, 4.69) is 0 Å². The van der Waals surface area contributed by atoms with Crippen LogP contribution in [-0.2, 0) is 9.59 Å². The van der Waals surface area contributed by atoms with Crippen molar-refractivity contribution in [2.75, 3.05) is 6.61 Å². The number of halogens is 2. The molecule has 0 aliphatic heterocycles. The maximum Gasteiger partial charge on any atom is 0.303 e. The lowest BCUT2D eigenvalue weighted by atomic mass is 9.86. The molecule has 1 aliphatic rings. The number of aldehydes is 1. The van der Waals surface area contributed by atoms with Crippen LogP contribution in [0.2, 0.25) is 0 Å². The number of ether oxygens (including phenoxy) is 1. The molecule has 0 spiro atoms. The average Bonchev–Trinajstić information content (AvgIpc) is 3.03. The lowest BCUT2D eigenvalue weighted by molar-refractivity contribution is -0.137. The predicted octanol–water partition coefficient (Wildman–Crippen LogP) is 4.27. The van der Waals surface area contributed by atoms with Crippen molar-refractivity contribution in [2.45, 2.75) is 44.1 Å². The molecule has 2 N–H and O–H groups in total. The van der Waals surface area contributed by atoms with Crippen LogP contribution in [0.5, 0.6) is 5.75 Å². The fraction of sp³-hybridized carbons (Fsp3) is 0.478. The van der Waals surface area contributed by atoms with Crippen molar-refractivity contribution >= 4 is 12.3 Å². The molecule has 1 aromatic rings. The second-order valence-electron chi connectivity index (χ2n) is 7.56. The number of aliphatic carboxylic acids is 1. The quantitative estimate of drug-likeness (QED) is 0.299. The molecular formula is C23H28F2O5. The monoisotopic (exact) mass is 422 g/mol. The summed E-state index contributed by atoms with van der Waals surface area (Å²) in [5.41, 5.74) is 0. The second kappa shape index (κ2) is 11.6. The summed E-state index contributed by atoms with van der Waals surface area (Å²) in [4.78, 5) is 21.9. The molecule has 1 saturated carbocycles. The molecule has 4 atom stereocenters. The Balaban J connectivity index is 1.95. The first kappa shape index (κ1) is 23.7. The van der Waals surface area contributed by atoms with E-state index in [0.29, 0.717) is 31.3 Å². The summed E-state index contributed by atoms with van der Waals surface area (Å²) in [6, 6.07) is 8.33. The molecule has 1 unspecified atom stereocenters. The van der Waals surface area contributed by atoms with Crippen molar-refractivity contribution in [2.24, 2.45) is 17.8 Å². The van der Waals surface area contributed by atoms with E-state index >= 15 is 0 Å². The summed E-state index contributed by atoms with van der Waals surface area (Å²) in [6.45, 7) is -0.817. The highest BCUT2D eigenvalue weighted by Gasteiger charge is 2.41. The topological polar surface area (TPSA) is 83.8 Å². The molecule has 0 heterocycles. The van der Waals surface area contributed by atoms with Crippen molar-refractivity contribution in [1.29, 1.82) is 0 Å². The smallest absolute Gasteiger partial charge is 0.303 e. The first-order valence-corrected chi connectivity index (χ1v) is 10.1. The zero-order chi connectivity index (χ0) is 22.0. The number of alkyl halides is 2. The van der Waals surface area contributed by atoms with Gasteiger partial charge < -0.3 is 19.7 Å². The fourth-order valence-electron chi connectivity index (χ4n) is 3.67. The highest BCUT2D eigenvalue weighted by atomic mass is 19.3. The van der Waals surface area contributed by atoms with Gasteiger partial charge in [0.25, 0.3) is 5.92 Å². The number of rotatable bonds is 12. The third kappa shape index (κ3) is 7.71. The molecular weight excluding hydrogens is 394 g/mol. The summed E-state index contributed by atoms with van der Waals surface area (Å²) in [7, 11) is 0. The zero-order valence-electron chi connectivity index (χ0n) is 16.7. The number of hydrogen-bond donors (Lipinski definition) is 2. The Morgan fingerprint density at radius 2 is 1.97 bits per heavy atom. The van der Waals surface area contributed by atoms with E-state index in [1.165, 1.54) is 6.08 Å². The summed E-state index contributed by atoms with van der Waals surface area (Å²) in [6.07, 6.45) is 7.53. The summed E-state index contributed by atoms with van der Waals surface area (Å²) in [5, 5.41) is 18.9. The maximum absolute atomic E-state index is 14.3. The highest BCUT2D eigenvalue weighted by molar-refractivity contribution is 5.66. The largest absolute Gasteiger partial charge is 0.487 e. The molecule has 164 valence electrons. The van der Waals surface area contributed by atoms with Crippen LogP contribution in [-0.4, -0.2) is 41.1 Å². The van der Waals surface area contributed by atoms with Crippen LogP contribution in [0.1, 0.15) is 32.1 Å². The van der Waals surface area contributed by atoms with Gasteiger partial charge in [-0.05, 0) is 55.7 Å². The lowest BCUT2D eigenvalue weighted by Gasteiger charge is -2.20. The van der Waals surface area contributed by atoms with Crippen LogP contribution in [0.25, 0.3) is 0 Å². The van der Waals surface area contributed by atoms with Gasteiger partial charge in [0.05, 0.1) is 6.10 Å². The second-order valence-corrected chi connectivity index (χ2v) is 7.56. The van der Waals surface area contributed by atoms with Gasteiger partial charge in [-0.25, -0.2) is 0 Å². The molecule has 0 radical (unpaired) electrons. The average molecular weight is 422 g/mol. The van der Waals surface area contributed by atoms with Crippen LogP contribution in [0.15, 0.2) is 54.6 Å². The zero-order valence-corrected chi connectivity index (χ0v) is 16.7. The van der Waals surface area contributed by atoms with Gasteiger partial charge in [0.15, 0.2) is 6.61 Å². The molecule has 30 heavy (non-hydrogen) atoms. The van der Waals surface area contributed by atoms with Crippen LogP contribution < -0.4 is 4.74 Å². The predicted molar refractivity (Wildman–Crippen MR) is 108 cm³/mol. The first-order valence-electron chi connectivity index (χ1n) is 10.1. The molecule has 0 bridgehead atoms. The Labute approximate surface area is 175 Å². The standard InChI is InChI=1S/C23H28F2O5/c24-23(25,16-30-18-8-4-3-5-9-18)13-12-19-17(15-26)14-21(27)20(19)10-6-1-2-7-11-22(28)29/h1,3-6,8-9,12-13,15,17,19-21,27H,2,7,10-11,14,16H2,(H,28,29)/b6-1-,13-12+/t17?,19-,20+,21-/m0/s1. The number of carbonyl (C=O) groups is 2. The van der Waals surface area contributed by atoms with Crippen molar-refractivity contribution in [3.8, 4) is 5.75 Å². The highest BCUT2D eigenvalue weighted by Crippen LogP contribution is 2.40. The number of carboxylic acid groups (broad SMARTS) is 1. The van der Waals surface area contributed by atoms with E-state index in [1.54, 1.807) is 30.3 Å². The first-order chi connectivity index (χ1) is 14.3. The molecule has 7 heteroatoms. The minimum atomic E-state index is -3.21. The van der Waals surface area contributed by atoms with Gasteiger partial charge >= 0.3 is 5.97 Å². The van der Waals surface area contributed by atoms with Crippen LogP contribution in [0.3, 0.4) is 0 Å². The van der Waals surface area contributed by atoms with Gasteiger partial charge in [-0.1, -0.05) is 36.4 Å².